The number of nitrogens with zero attached hydrogens (tertiary/aromatic N) is 1. The Morgan fingerprint density at radius 1 is 1.38 bits per heavy atom. The summed E-state index contributed by atoms with van der Waals surface area (Å²) < 4.78 is 17.1. The molecule has 0 aliphatic carbocycles. The first-order chi connectivity index (χ1) is 15.3. The van der Waals surface area contributed by atoms with Gasteiger partial charge in [-0.3, -0.25) is 9.59 Å². The predicted octanol–water partition coefficient (Wildman–Crippen LogP) is 1.55. The van der Waals surface area contributed by atoms with Crippen molar-refractivity contribution in [3.05, 3.63) is 30.0 Å². The summed E-state index contributed by atoms with van der Waals surface area (Å²) in [5, 5.41) is 15.3. The van der Waals surface area contributed by atoms with Crippen molar-refractivity contribution >= 4 is 22.6 Å². The lowest BCUT2D eigenvalue weighted by molar-refractivity contribution is -0.139. The summed E-state index contributed by atoms with van der Waals surface area (Å²) in [5.41, 5.74) is 4.78. The van der Waals surface area contributed by atoms with E-state index in [4.69, 9.17) is 19.9 Å². The lowest BCUT2D eigenvalue weighted by Crippen LogP contribution is -2.46. The van der Waals surface area contributed by atoms with Crippen molar-refractivity contribution in [3.8, 4) is 11.6 Å². The van der Waals surface area contributed by atoms with Gasteiger partial charge in [0.25, 0.3) is 5.91 Å². The molecule has 2 fully saturated rings. The third-order valence-electron chi connectivity index (χ3n) is 6.07. The zero-order valence-corrected chi connectivity index (χ0v) is 18.3. The first-order valence-electron chi connectivity index (χ1n) is 10.9. The molecule has 172 valence electrons. The first kappa shape index (κ1) is 22.3. The maximum atomic E-state index is 12.5. The fourth-order valence-electron chi connectivity index (χ4n) is 4.41. The number of nitrogens with two attached hydrogens (primary N) is 1. The minimum atomic E-state index is -1.04. The smallest absolute Gasteiger partial charge is 0.252 e. The molecule has 2 aliphatic heterocycles. The van der Waals surface area contributed by atoms with E-state index in [1.807, 2.05) is 13.8 Å². The number of pyridine rings is 1. The number of nitrogens with one attached hydrogen (secondary N) is 1. The molecule has 1 unspecified atom stereocenters. The molecule has 2 aromatic rings. The molecule has 9 heteroatoms. The van der Waals surface area contributed by atoms with Gasteiger partial charge in [0.2, 0.25) is 11.8 Å². The molecule has 1 aromatic carbocycles. The minimum Gasteiger partial charge on any atom is -0.490 e. The molecule has 3 heterocycles. The standard InChI is InChI=1S/C23H29N3O6/c1-13(2)32-19-11-16-14(9-17(19)20(24)27)3-6-25-22(16)31-12-15-10-18(21(28)26-15)23(29)4-7-30-8-5-23/h3,6,9,11,13,15,18,29H,4-5,7-8,10,12H2,1-2H3,(H2,24,27)(H,26,28)/t15-,18?/m0/s1. The van der Waals surface area contributed by atoms with Gasteiger partial charge in [-0.15, -0.1) is 0 Å². The van der Waals surface area contributed by atoms with Crippen molar-refractivity contribution in [3.63, 3.8) is 0 Å². The number of primary amides is 1. The van der Waals surface area contributed by atoms with Gasteiger partial charge in [-0.1, -0.05) is 0 Å². The van der Waals surface area contributed by atoms with Gasteiger partial charge >= 0.3 is 0 Å². The Morgan fingerprint density at radius 2 is 2.12 bits per heavy atom. The molecular formula is C23H29N3O6. The summed E-state index contributed by atoms with van der Waals surface area (Å²) in [4.78, 5) is 28.7. The lowest BCUT2D eigenvalue weighted by atomic mass is 9.79. The second-order valence-electron chi connectivity index (χ2n) is 8.74. The topological polar surface area (TPSA) is 133 Å². The monoisotopic (exact) mass is 443 g/mol. The molecular weight excluding hydrogens is 414 g/mol. The maximum absolute atomic E-state index is 12.5. The van der Waals surface area contributed by atoms with E-state index in [2.05, 4.69) is 10.3 Å². The Balaban J connectivity index is 1.52. The molecule has 0 radical (unpaired) electrons. The van der Waals surface area contributed by atoms with Gasteiger partial charge in [-0.05, 0) is 43.9 Å². The normalized spacial score (nSPS) is 22.7. The highest BCUT2D eigenvalue weighted by molar-refractivity contribution is 6.01. The van der Waals surface area contributed by atoms with Gasteiger partial charge in [0.15, 0.2) is 0 Å². The Bertz CT molecular complexity index is 1020. The quantitative estimate of drug-likeness (QED) is 0.591. The van der Waals surface area contributed by atoms with E-state index < -0.39 is 17.4 Å². The number of benzene rings is 1. The van der Waals surface area contributed by atoms with Gasteiger partial charge < -0.3 is 30.4 Å². The van der Waals surface area contributed by atoms with Gasteiger partial charge in [-0.25, -0.2) is 4.98 Å². The van der Waals surface area contributed by atoms with Crippen molar-refractivity contribution in [2.24, 2.45) is 11.7 Å². The first-order valence-corrected chi connectivity index (χ1v) is 10.9. The van der Waals surface area contributed by atoms with Crippen LogP contribution in [0.4, 0.5) is 0 Å². The highest BCUT2D eigenvalue weighted by atomic mass is 16.5. The Kier molecular flexibility index (Phi) is 6.21. The summed E-state index contributed by atoms with van der Waals surface area (Å²) in [7, 11) is 0. The Hall–Kier alpha value is -2.91. The van der Waals surface area contributed by atoms with Crippen molar-refractivity contribution in [2.45, 2.75) is 50.9 Å². The van der Waals surface area contributed by atoms with Gasteiger partial charge in [0.1, 0.15) is 12.4 Å². The number of carbonyl (C=O) groups excluding carboxylic acids is 2. The predicted molar refractivity (Wildman–Crippen MR) is 117 cm³/mol. The van der Waals surface area contributed by atoms with Gasteiger partial charge in [-0.2, -0.15) is 0 Å². The third kappa shape index (κ3) is 4.49. The number of rotatable bonds is 7. The highest BCUT2D eigenvalue weighted by Gasteiger charge is 2.47. The van der Waals surface area contributed by atoms with Crippen molar-refractivity contribution < 1.29 is 28.9 Å². The fraction of sp³-hybridized carbons (Fsp3) is 0.522. The molecule has 0 bridgehead atoms. The van der Waals surface area contributed by atoms with Crippen LogP contribution < -0.4 is 20.5 Å². The number of fused-ring (bicyclic) bond motifs is 1. The van der Waals surface area contributed by atoms with Crippen LogP contribution in [0.1, 0.15) is 43.5 Å². The number of carbonyl (C=O) groups is 2. The van der Waals surface area contributed by atoms with Crippen LogP contribution in [0.25, 0.3) is 10.8 Å². The molecule has 2 amide bonds. The number of amides is 2. The third-order valence-corrected chi connectivity index (χ3v) is 6.07. The molecule has 1 aromatic heterocycles. The zero-order valence-electron chi connectivity index (χ0n) is 18.3. The van der Waals surface area contributed by atoms with Gasteiger partial charge in [0, 0.05) is 37.6 Å². The van der Waals surface area contributed by atoms with Crippen molar-refractivity contribution in [2.75, 3.05) is 19.8 Å². The number of ether oxygens (including phenoxy) is 3. The maximum Gasteiger partial charge on any atom is 0.252 e. The largest absolute Gasteiger partial charge is 0.490 e. The summed E-state index contributed by atoms with van der Waals surface area (Å²) in [5.74, 6) is -0.478. The van der Waals surface area contributed by atoms with E-state index in [1.165, 1.54) is 0 Å². The second kappa shape index (κ2) is 8.91. The van der Waals surface area contributed by atoms with Crippen LogP contribution in [0.15, 0.2) is 24.4 Å². The average Bonchev–Trinajstić information content (AvgIpc) is 3.13. The molecule has 0 spiro atoms. The molecule has 2 atom stereocenters. The van der Waals surface area contributed by atoms with E-state index >= 15 is 0 Å². The van der Waals surface area contributed by atoms with Gasteiger partial charge in [0.05, 0.1) is 29.2 Å². The molecule has 0 saturated carbocycles. The van der Waals surface area contributed by atoms with E-state index in [0.29, 0.717) is 55.1 Å². The molecule has 4 N–H and O–H groups in total. The Morgan fingerprint density at radius 3 is 2.81 bits per heavy atom. The lowest BCUT2D eigenvalue weighted by Gasteiger charge is -2.35. The summed E-state index contributed by atoms with van der Waals surface area (Å²) in [6.07, 6.45) is 2.82. The second-order valence-corrected chi connectivity index (χ2v) is 8.74. The van der Waals surface area contributed by atoms with E-state index in [1.54, 1.807) is 24.4 Å². The summed E-state index contributed by atoms with van der Waals surface area (Å²) in [6, 6.07) is 4.89. The highest BCUT2D eigenvalue weighted by Crippen LogP contribution is 2.36. The van der Waals surface area contributed by atoms with E-state index in [9.17, 15) is 14.7 Å². The van der Waals surface area contributed by atoms with Crippen LogP contribution in [-0.2, 0) is 9.53 Å². The van der Waals surface area contributed by atoms with Crippen LogP contribution >= 0.6 is 0 Å². The van der Waals surface area contributed by atoms with Crippen LogP contribution in [0.3, 0.4) is 0 Å². The van der Waals surface area contributed by atoms with Crippen LogP contribution in [0, 0.1) is 5.92 Å². The number of aliphatic hydroxyl groups is 1. The average molecular weight is 444 g/mol. The minimum absolute atomic E-state index is 0.145. The molecule has 4 rings (SSSR count). The van der Waals surface area contributed by atoms with E-state index in [-0.39, 0.29) is 24.7 Å². The SMILES string of the molecule is CC(C)Oc1cc2c(OC[C@@H]3CC(C4(O)CCOCC4)C(=O)N3)nccc2cc1C(N)=O. The fourth-order valence-corrected chi connectivity index (χ4v) is 4.41. The zero-order chi connectivity index (χ0) is 22.9. The summed E-state index contributed by atoms with van der Waals surface area (Å²) >= 11 is 0. The molecule has 9 nitrogen and oxygen atoms in total. The van der Waals surface area contributed by atoms with Crippen molar-refractivity contribution in [1.82, 2.24) is 10.3 Å². The van der Waals surface area contributed by atoms with Crippen LogP contribution in [-0.4, -0.2) is 59.5 Å². The Labute approximate surface area is 186 Å². The van der Waals surface area contributed by atoms with Crippen molar-refractivity contribution in [1.29, 1.82) is 0 Å². The molecule has 2 aliphatic rings. The number of hydrogen-bond acceptors (Lipinski definition) is 7. The van der Waals surface area contributed by atoms with Crippen LogP contribution in [0.2, 0.25) is 0 Å². The molecule has 32 heavy (non-hydrogen) atoms. The van der Waals surface area contributed by atoms with Crippen LogP contribution in [0.5, 0.6) is 11.6 Å². The number of hydrogen-bond donors (Lipinski definition) is 3. The number of aromatic nitrogens is 1. The van der Waals surface area contributed by atoms with E-state index in [0.717, 1.165) is 5.39 Å². The molecule has 2 saturated heterocycles. The summed E-state index contributed by atoms with van der Waals surface area (Å²) in [6.45, 7) is 4.84.